The molecule has 3 nitrogen and oxygen atoms in total. The van der Waals surface area contributed by atoms with Gasteiger partial charge >= 0.3 is 0 Å². The van der Waals surface area contributed by atoms with Crippen molar-refractivity contribution in [2.24, 2.45) is 4.99 Å². The van der Waals surface area contributed by atoms with E-state index in [1.54, 1.807) is 0 Å². The van der Waals surface area contributed by atoms with Crippen LogP contribution in [0.3, 0.4) is 0 Å². The molecule has 0 saturated heterocycles. The molecule has 1 fully saturated rings. The molecule has 0 aromatic heterocycles. The van der Waals surface area contributed by atoms with E-state index in [1.165, 1.54) is 29.5 Å². The zero-order valence-corrected chi connectivity index (χ0v) is 17.0. The summed E-state index contributed by atoms with van der Waals surface area (Å²) in [6, 6.07) is 8.68. The molecule has 1 aromatic rings. The zero-order valence-electron chi connectivity index (χ0n) is 17.0. The van der Waals surface area contributed by atoms with Crippen LogP contribution in [0.25, 0.3) is 0 Å². The van der Waals surface area contributed by atoms with Gasteiger partial charge in [0.15, 0.2) is 0 Å². The molecule has 26 heavy (non-hydrogen) atoms. The van der Waals surface area contributed by atoms with E-state index in [1.807, 2.05) is 0 Å². The smallest absolute Gasteiger partial charge is 0.129 e. The van der Waals surface area contributed by atoms with Crippen molar-refractivity contribution in [1.82, 2.24) is 10.6 Å². The molecule has 1 aliphatic rings. The fourth-order valence-electron chi connectivity index (χ4n) is 3.13. The molecule has 2 N–H and O–H groups in total. The maximum Gasteiger partial charge on any atom is 0.129 e. The number of allylic oxidation sites excluding steroid dienone is 2. The number of aliphatic imine (C=N–C) groups is 1. The van der Waals surface area contributed by atoms with Gasteiger partial charge in [0, 0.05) is 28.9 Å². The van der Waals surface area contributed by atoms with Crippen LogP contribution in [0, 0.1) is 0 Å². The summed E-state index contributed by atoms with van der Waals surface area (Å²) >= 11 is 0. The van der Waals surface area contributed by atoms with Crippen molar-refractivity contribution in [3.05, 3.63) is 70.2 Å². The number of benzene rings is 1. The number of hydrogen-bond donors (Lipinski definition) is 2. The minimum Gasteiger partial charge on any atom is -0.381 e. The molecule has 140 valence electrons. The van der Waals surface area contributed by atoms with Gasteiger partial charge in [-0.25, -0.2) is 4.99 Å². The molecule has 0 atom stereocenters. The van der Waals surface area contributed by atoms with E-state index in [0.717, 1.165) is 35.6 Å². The van der Waals surface area contributed by atoms with Gasteiger partial charge in [-0.1, -0.05) is 43.3 Å². The number of rotatable bonds is 9. The van der Waals surface area contributed by atoms with Gasteiger partial charge in [-0.2, -0.15) is 0 Å². The zero-order chi connectivity index (χ0) is 19.3. The molecule has 0 spiro atoms. The molecule has 0 unspecified atom stereocenters. The lowest BCUT2D eigenvalue weighted by Gasteiger charge is -2.21. The van der Waals surface area contributed by atoms with Gasteiger partial charge in [-0.05, 0) is 64.8 Å². The molecular formula is C23H33N3. The van der Waals surface area contributed by atoms with Gasteiger partial charge in [-0.15, -0.1) is 0 Å². The first-order valence-corrected chi connectivity index (χ1v) is 9.44. The van der Waals surface area contributed by atoms with Crippen LogP contribution < -0.4 is 10.6 Å². The van der Waals surface area contributed by atoms with Gasteiger partial charge < -0.3 is 10.6 Å². The van der Waals surface area contributed by atoms with Gasteiger partial charge in [0.05, 0.1) is 0 Å². The standard InChI is InChI=1S/C23H33N3/c1-8-19-10-9-11-20(14-19)15-25-18(5)21(16(2)3)17(4)22(24-7)26-23(6)12-13-23/h9-11,14,25-26H,5,7-8,12-13,15H2,1-4,6H3/b22-17-. The van der Waals surface area contributed by atoms with Crippen molar-refractivity contribution in [1.29, 1.82) is 0 Å². The fraction of sp³-hybridized carbons (Fsp3) is 0.435. The highest BCUT2D eigenvalue weighted by Gasteiger charge is 2.38. The van der Waals surface area contributed by atoms with Gasteiger partial charge in [0.1, 0.15) is 5.82 Å². The van der Waals surface area contributed by atoms with E-state index >= 15 is 0 Å². The maximum atomic E-state index is 4.29. The monoisotopic (exact) mass is 351 g/mol. The predicted molar refractivity (Wildman–Crippen MR) is 113 cm³/mol. The third-order valence-corrected chi connectivity index (χ3v) is 5.02. The Hall–Kier alpha value is -2.29. The van der Waals surface area contributed by atoms with E-state index in [2.05, 4.69) is 87.8 Å². The summed E-state index contributed by atoms with van der Waals surface area (Å²) in [5.74, 6) is 0.858. The summed E-state index contributed by atoms with van der Waals surface area (Å²) in [6.45, 7) is 19.5. The fourth-order valence-corrected chi connectivity index (χ4v) is 3.13. The van der Waals surface area contributed by atoms with Crippen molar-refractivity contribution < 1.29 is 0 Å². The Kier molecular flexibility index (Phi) is 6.47. The Labute approximate surface area is 159 Å². The molecule has 0 radical (unpaired) electrons. The van der Waals surface area contributed by atoms with Crippen molar-refractivity contribution in [2.45, 2.75) is 66.0 Å². The Morgan fingerprint density at radius 2 is 1.85 bits per heavy atom. The Morgan fingerprint density at radius 1 is 1.19 bits per heavy atom. The second-order valence-corrected chi connectivity index (χ2v) is 7.70. The number of nitrogens with one attached hydrogen (secondary N) is 2. The Morgan fingerprint density at radius 3 is 2.38 bits per heavy atom. The molecule has 3 heteroatoms. The molecule has 0 heterocycles. The lowest BCUT2D eigenvalue weighted by molar-refractivity contribution is 0.601. The van der Waals surface area contributed by atoms with Crippen LogP contribution in [0.15, 0.2) is 64.1 Å². The van der Waals surface area contributed by atoms with E-state index in [-0.39, 0.29) is 5.54 Å². The summed E-state index contributed by atoms with van der Waals surface area (Å²) in [5, 5.41) is 7.04. The average molecular weight is 352 g/mol. The topological polar surface area (TPSA) is 36.4 Å². The summed E-state index contributed by atoms with van der Waals surface area (Å²) in [5.41, 5.74) is 7.14. The second kappa shape index (κ2) is 8.39. The van der Waals surface area contributed by atoms with Crippen molar-refractivity contribution in [2.75, 3.05) is 0 Å². The van der Waals surface area contributed by atoms with Crippen LogP contribution in [0.4, 0.5) is 0 Å². The Bertz CT molecular complexity index is 744. The van der Waals surface area contributed by atoms with E-state index in [4.69, 9.17) is 0 Å². The maximum absolute atomic E-state index is 4.29. The van der Waals surface area contributed by atoms with Crippen LogP contribution in [-0.4, -0.2) is 12.3 Å². The predicted octanol–water partition coefficient (Wildman–Crippen LogP) is 5.26. The van der Waals surface area contributed by atoms with Gasteiger partial charge in [0.2, 0.25) is 0 Å². The van der Waals surface area contributed by atoms with Crippen molar-refractivity contribution in [3.8, 4) is 0 Å². The highest BCUT2D eigenvalue weighted by Crippen LogP contribution is 2.36. The molecule has 1 aromatic carbocycles. The highest BCUT2D eigenvalue weighted by molar-refractivity contribution is 5.49. The lowest BCUT2D eigenvalue weighted by Crippen LogP contribution is -2.28. The lowest BCUT2D eigenvalue weighted by atomic mass is 9.99. The normalized spacial score (nSPS) is 15.6. The summed E-state index contributed by atoms with van der Waals surface area (Å²) in [6.07, 6.45) is 3.40. The molecule has 0 amide bonds. The van der Waals surface area contributed by atoms with E-state index in [9.17, 15) is 0 Å². The highest BCUT2D eigenvalue weighted by atomic mass is 15.1. The van der Waals surface area contributed by atoms with Crippen molar-refractivity contribution in [3.63, 3.8) is 0 Å². The average Bonchev–Trinajstić information content (AvgIpc) is 3.35. The summed E-state index contributed by atoms with van der Waals surface area (Å²) in [7, 11) is 0. The van der Waals surface area contributed by atoms with Crippen LogP contribution in [0.5, 0.6) is 0 Å². The largest absolute Gasteiger partial charge is 0.381 e. The van der Waals surface area contributed by atoms with Gasteiger partial charge in [0.25, 0.3) is 0 Å². The van der Waals surface area contributed by atoms with E-state index in [0.29, 0.717) is 0 Å². The number of hydrogen-bond acceptors (Lipinski definition) is 3. The van der Waals surface area contributed by atoms with Crippen LogP contribution in [0.1, 0.15) is 58.6 Å². The van der Waals surface area contributed by atoms with Crippen molar-refractivity contribution >= 4 is 6.72 Å². The van der Waals surface area contributed by atoms with Crippen LogP contribution in [-0.2, 0) is 13.0 Å². The first-order chi connectivity index (χ1) is 12.3. The minimum atomic E-state index is 0.167. The number of nitrogens with zero attached hydrogens (tertiary/aromatic N) is 1. The minimum absolute atomic E-state index is 0.167. The first-order valence-electron chi connectivity index (χ1n) is 9.44. The summed E-state index contributed by atoms with van der Waals surface area (Å²) < 4.78 is 0. The number of aryl methyl sites for hydroxylation is 1. The molecule has 0 bridgehead atoms. The van der Waals surface area contributed by atoms with Crippen LogP contribution >= 0.6 is 0 Å². The molecule has 0 aliphatic heterocycles. The molecule has 1 aliphatic carbocycles. The molecule has 1 saturated carbocycles. The molecular weight excluding hydrogens is 318 g/mol. The third-order valence-electron chi connectivity index (χ3n) is 5.02. The molecule has 2 rings (SSSR count). The first kappa shape index (κ1) is 20.0. The quantitative estimate of drug-likeness (QED) is 0.470. The van der Waals surface area contributed by atoms with E-state index < -0.39 is 0 Å². The SMILES string of the molecule is C=N/C(NC1(C)CC1)=C(\C)C(C(=C)NCc1cccc(CC)c1)=C(C)C. The second-order valence-electron chi connectivity index (χ2n) is 7.70. The summed E-state index contributed by atoms with van der Waals surface area (Å²) in [4.78, 5) is 4.26. The third kappa shape index (κ3) is 5.10. The van der Waals surface area contributed by atoms with Crippen LogP contribution in [0.2, 0.25) is 0 Å². The Balaban J connectivity index is 2.16. The van der Waals surface area contributed by atoms with Gasteiger partial charge in [-0.3, -0.25) is 0 Å².